The van der Waals surface area contributed by atoms with Crippen LogP contribution in [0, 0.1) is 0 Å². The monoisotopic (exact) mass is 229 g/mol. The first kappa shape index (κ1) is 12.9. The first-order valence-corrected chi connectivity index (χ1v) is 5.60. The summed E-state index contributed by atoms with van der Waals surface area (Å²) in [5.41, 5.74) is 0. The lowest BCUT2D eigenvalue weighted by atomic mass is 10.2. The molecule has 1 aliphatic rings. The first-order chi connectivity index (χ1) is 7.67. The molecule has 0 aromatic rings. The number of imide groups is 1. The Morgan fingerprint density at radius 2 is 2.25 bits per heavy atom. The van der Waals surface area contributed by atoms with Gasteiger partial charge in [-0.1, -0.05) is 0 Å². The van der Waals surface area contributed by atoms with Gasteiger partial charge in [-0.25, -0.2) is 4.79 Å². The van der Waals surface area contributed by atoms with Crippen LogP contribution in [0.1, 0.15) is 19.8 Å². The Kier molecular flexibility index (Phi) is 5.21. The van der Waals surface area contributed by atoms with Crippen molar-refractivity contribution < 1.29 is 14.7 Å². The molecular formula is C10H19N3O3. The Morgan fingerprint density at radius 1 is 1.50 bits per heavy atom. The van der Waals surface area contributed by atoms with Crippen LogP contribution in [0.25, 0.3) is 0 Å². The second kappa shape index (κ2) is 6.44. The molecule has 1 rings (SSSR count). The topological polar surface area (TPSA) is 81.7 Å². The Labute approximate surface area is 95.0 Å². The van der Waals surface area contributed by atoms with Crippen molar-refractivity contribution in [2.24, 2.45) is 0 Å². The number of amides is 3. The van der Waals surface area contributed by atoms with Crippen molar-refractivity contribution in [1.29, 1.82) is 0 Å². The molecule has 0 aromatic carbocycles. The lowest BCUT2D eigenvalue weighted by Gasteiger charge is -2.21. The third kappa shape index (κ3) is 3.79. The highest BCUT2D eigenvalue weighted by atomic mass is 16.3. The fourth-order valence-corrected chi connectivity index (χ4v) is 1.87. The molecule has 1 fully saturated rings. The van der Waals surface area contributed by atoms with Crippen LogP contribution in [0.15, 0.2) is 0 Å². The van der Waals surface area contributed by atoms with E-state index >= 15 is 0 Å². The minimum absolute atomic E-state index is 0.0555. The van der Waals surface area contributed by atoms with Gasteiger partial charge in [0.1, 0.15) is 0 Å². The van der Waals surface area contributed by atoms with E-state index in [-0.39, 0.29) is 25.1 Å². The number of carbonyl (C=O) groups is 2. The number of aliphatic hydroxyl groups excluding tert-OH is 1. The highest BCUT2D eigenvalue weighted by Gasteiger charge is 2.25. The number of nitrogens with one attached hydrogen (secondary N) is 2. The van der Waals surface area contributed by atoms with Crippen LogP contribution in [0.2, 0.25) is 0 Å². The van der Waals surface area contributed by atoms with Crippen LogP contribution < -0.4 is 10.6 Å². The maximum atomic E-state index is 11.5. The molecular weight excluding hydrogens is 210 g/mol. The van der Waals surface area contributed by atoms with Crippen LogP contribution in [-0.4, -0.2) is 54.2 Å². The minimum atomic E-state index is -0.466. The van der Waals surface area contributed by atoms with Gasteiger partial charge in [0.05, 0.1) is 13.2 Å². The molecule has 1 aliphatic heterocycles. The Balaban J connectivity index is 2.30. The van der Waals surface area contributed by atoms with Gasteiger partial charge in [0.25, 0.3) is 0 Å². The lowest BCUT2D eigenvalue weighted by Crippen LogP contribution is -2.46. The maximum absolute atomic E-state index is 11.5. The van der Waals surface area contributed by atoms with E-state index in [0.29, 0.717) is 6.54 Å². The fourth-order valence-electron chi connectivity index (χ4n) is 1.87. The largest absolute Gasteiger partial charge is 0.395 e. The Bertz CT molecular complexity index is 258. The summed E-state index contributed by atoms with van der Waals surface area (Å²) in [5.74, 6) is -0.327. The zero-order valence-corrected chi connectivity index (χ0v) is 9.53. The van der Waals surface area contributed by atoms with E-state index in [1.165, 1.54) is 0 Å². The molecule has 1 heterocycles. The van der Waals surface area contributed by atoms with E-state index in [2.05, 4.69) is 10.6 Å². The highest BCUT2D eigenvalue weighted by Crippen LogP contribution is 2.15. The van der Waals surface area contributed by atoms with Crippen LogP contribution >= 0.6 is 0 Å². The first-order valence-electron chi connectivity index (χ1n) is 5.60. The number of likely N-dealkylation sites (tertiary alicyclic amines) is 1. The quantitative estimate of drug-likeness (QED) is 0.595. The van der Waals surface area contributed by atoms with Crippen molar-refractivity contribution in [2.45, 2.75) is 25.8 Å². The standard InChI is InChI=1S/C10H19N3O3/c1-2-11-10(16)12-9(15)6-13-5-3-4-8(13)7-14/h8,14H,2-7H2,1H3,(H2,11,12,15,16)/t8-/m1/s1. The van der Waals surface area contributed by atoms with Crippen molar-refractivity contribution in [3.05, 3.63) is 0 Å². The molecule has 0 radical (unpaired) electrons. The van der Waals surface area contributed by atoms with E-state index < -0.39 is 6.03 Å². The third-order valence-electron chi connectivity index (χ3n) is 2.65. The molecule has 0 spiro atoms. The molecule has 0 aliphatic carbocycles. The maximum Gasteiger partial charge on any atom is 0.321 e. The summed E-state index contributed by atoms with van der Waals surface area (Å²) in [6, 6.07) is -0.410. The van der Waals surface area contributed by atoms with Gasteiger partial charge in [-0.15, -0.1) is 0 Å². The van der Waals surface area contributed by atoms with E-state index in [1.54, 1.807) is 6.92 Å². The smallest absolute Gasteiger partial charge is 0.321 e. The molecule has 1 atom stereocenters. The van der Waals surface area contributed by atoms with Gasteiger partial charge in [0.2, 0.25) is 5.91 Å². The average Bonchev–Trinajstić information content (AvgIpc) is 2.65. The van der Waals surface area contributed by atoms with Gasteiger partial charge < -0.3 is 10.4 Å². The van der Waals surface area contributed by atoms with Gasteiger partial charge in [-0.05, 0) is 26.3 Å². The van der Waals surface area contributed by atoms with Crippen LogP contribution in [0.5, 0.6) is 0 Å². The summed E-state index contributed by atoms with van der Waals surface area (Å²) in [5, 5.41) is 13.8. The summed E-state index contributed by atoms with van der Waals surface area (Å²) in [4.78, 5) is 24.4. The van der Waals surface area contributed by atoms with Crippen LogP contribution in [0.4, 0.5) is 4.79 Å². The molecule has 0 aromatic heterocycles. The van der Waals surface area contributed by atoms with Crippen molar-refractivity contribution in [3.63, 3.8) is 0 Å². The number of nitrogens with zero attached hydrogens (tertiary/aromatic N) is 1. The van der Waals surface area contributed by atoms with E-state index in [9.17, 15) is 9.59 Å². The van der Waals surface area contributed by atoms with Crippen molar-refractivity contribution >= 4 is 11.9 Å². The molecule has 16 heavy (non-hydrogen) atoms. The molecule has 0 unspecified atom stereocenters. The van der Waals surface area contributed by atoms with Gasteiger partial charge in [-0.3, -0.25) is 15.0 Å². The second-order valence-corrected chi connectivity index (χ2v) is 3.86. The summed E-state index contributed by atoms with van der Waals surface area (Å²) < 4.78 is 0. The normalized spacial score (nSPS) is 20.8. The molecule has 92 valence electrons. The SMILES string of the molecule is CCNC(=O)NC(=O)CN1CCC[C@@H]1CO. The number of urea groups is 1. The number of carbonyl (C=O) groups excluding carboxylic acids is 2. The van der Waals surface area contributed by atoms with Crippen molar-refractivity contribution in [2.75, 3.05) is 26.2 Å². The van der Waals surface area contributed by atoms with Gasteiger partial charge in [0, 0.05) is 12.6 Å². The highest BCUT2D eigenvalue weighted by molar-refractivity contribution is 5.95. The van der Waals surface area contributed by atoms with E-state index in [1.807, 2.05) is 4.90 Å². The van der Waals surface area contributed by atoms with Crippen LogP contribution in [-0.2, 0) is 4.79 Å². The molecule has 6 heteroatoms. The molecule has 3 amide bonds. The number of aliphatic hydroxyl groups is 1. The van der Waals surface area contributed by atoms with Crippen molar-refractivity contribution in [3.8, 4) is 0 Å². The average molecular weight is 229 g/mol. The van der Waals surface area contributed by atoms with Crippen LogP contribution in [0.3, 0.4) is 0 Å². The molecule has 3 N–H and O–H groups in total. The third-order valence-corrected chi connectivity index (χ3v) is 2.65. The molecule has 1 saturated heterocycles. The lowest BCUT2D eigenvalue weighted by molar-refractivity contribution is -0.121. The second-order valence-electron chi connectivity index (χ2n) is 3.86. The van der Waals surface area contributed by atoms with Crippen molar-refractivity contribution in [1.82, 2.24) is 15.5 Å². The van der Waals surface area contributed by atoms with Gasteiger partial charge in [-0.2, -0.15) is 0 Å². The minimum Gasteiger partial charge on any atom is -0.395 e. The zero-order chi connectivity index (χ0) is 12.0. The number of hydrogen-bond donors (Lipinski definition) is 3. The van der Waals surface area contributed by atoms with Gasteiger partial charge in [0.15, 0.2) is 0 Å². The predicted molar refractivity (Wildman–Crippen MR) is 58.9 cm³/mol. The summed E-state index contributed by atoms with van der Waals surface area (Å²) in [6.45, 7) is 3.30. The molecule has 0 saturated carbocycles. The summed E-state index contributed by atoms with van der Waals surface area (Å²) in [6.07, 6.45) is 1.89. The Morgan fingerprint density at radius 3 is 2.88 bits per heavy atom. The molecule has 0 bridgehead atoms. The fraction of sp³-hybridized carbons (Fsp3) is 0.800. The van der Waals surface area contributed by atoms with Gasteiger partial charge >= 0.3 is 6.03 Å². The number of hydrogen-bond acceptors (Lipinski definition) is 4. The number of rotatable bonds is 4. The summed E-state index contributed by atoms with van der Waals surface area (Å²) in [7, 11) is 0. The predicted octanol–water partition coefficient (Wildman–Crippen LogP) is -0.711. The van der Waals surface area contributed by atoms with E-state index in [0.717, 1.165) is 19.4 Å². The molecule has 6 nitrogen and oxygen atoms in total. The Hall–Kier alpha value is -1.14. The zero-order valence-electron chi connectivity index (χ0n) is 9.53. The summed E-state index contributed by atoms with van der Waals surface area (Å²) >= 11 is 0. The van der Waals surface area contributed by atoms with E-state index in [4.69, 9.17) is 5.11 Å².